The van der Waals surface area contributed by atoms with E-state index in [-0.39, 0.29) is 23.9 Å². The number of carbonyl (C=O) groups is 1. The molecule has 0 saturated carbocycles. The van der Waals surface area contributed by atoms with E-state index in [0.29, 0.717) is 16.9 Å². The number of hydrogen-bond acceptors (Lipinski definition) is 4. The fourth-order valence-corrected chi connectivity index (χ4v) is 2.09. The van der Waals surface area contributed by atoms with Crippen LogP contribution in [0.5, 0.6) is 17.2 Å². The molecule has 100 valence electrons. The van der Waals surface area contributed by atoms with Gasteiger partial charge in [0.25, 0.3) is 0 Å². The van der Waals surface area contributed by atoms with Crippen LogP contribution in [0.15, 0.2) is 48.0 Å². The number of phenols is 2. The lowest BCUT2D eigenvalue weighted by Crippen LogP contribution is -2.18. The summed E-state index contributed by atoms with van der Waals surface area (Å²) >= 11 is 0. The third-order valence-corrected chi connectivity index (χ3v) is 3.12. The fraction of sp³-hybridized carbons (Fsp3) is 0.0625. The molecule has 2 N–H and O–H groups in total. The van der Waals surface area contributed by atoms with E-state index in [0.717, 1.165) is 5.56 Å². The SMILES string of the molecule is O=C1/C(=C/c2ccc(O)cc2)COc2cc(O)ccc21. The van der Waals surface area contributed by atoms with E-state index in [9.17, 15) is 15.0 Å². The van der Waals surface area contributed by atoms with Gasteiger partial charge in [-0.15, -0.1) is 0 Å². The monoisotopic (exact) mass is 268 g/mol. The summed E-state index contributed by atoms with van der Waals surface area (Å²) in [5.41, 5.74) is 1.80. The Bertz CT molecular complexity index is 699. The lowest BCUT2D eigenvalue weighted by molar-refractivity contribution is 0.100. The van der Waals surface area contributed by atoms with Crippen molar-refractivity contribution in [1.29, 1.82) is 0 Å². The van der Waals surface area contributed by atoms with E-state index in [2.05, 4.69) is 0 Å². The molecule has 0 aliphatic carbocycles. The molecule has 0 unspecified atom stereocenters. The third kappa shape index (κ3) is 2.23. The summed E-state index contributed by atoms with van der Waals surface area (Å²) in [6.07, 6.45) is 1.73. The highest BCUT2D eigenvalue weighted by atomic mass is 16.5. The molecule has 0 atom stereocenters. The van der Waals surface area contributed by atoms with Crippen LogP contribution >= 0.6 is 0 Å². The van der Waals surface area contributed by atoms with Gasteiger partial charge in [-0.2, -0.15) is 0 Å². The molecule has 0 saturated heterocycles. The van der Waals surface area contributed by atoms with Gasteiger partial charge in [0.2, 0.25) is 0 Å². The average Bonchev–Trinajstić information content (AvgIpc) is 2.44. The molecule has 0 radical (unpaired) electrons. The van der Waals surface area contributed by atoms with Gasteiger partial charge in [0.1, 0.15) is 23.9 Å². The van der Waals surface area contributed by atoms with Crippen LogP contribution in [0.25, 0.3) is 6.08 Å². The van der Waals surface area contributed by atoms with Gasteiger partial charge in [-0.3, -0.25) is 4.79 Å². The van der Waals surface area contributed by atoms with Crippen LogP contribution in [0.4, 0.5) is 0 Å². The summed E-state index contributed by atoms with van der Waals surface area (Å²) in [7, 11) is 0. The largest absolute Gasteiger partial charge is 0.508 e. The van der Waals surface area contributed by atoms with Crippen molar-refractivity contribution in [1.82, 2.24) is 0 Å². The molecule has 1 heterocycles. The van der Waals surface area contributed by atoms with Crippen molar-refractivity contribution in [2.24, 2.45) is 0 Å². The Morgan fingerprint density at radius 1 is 1.00 bits per heavy atom. The summed E-state index contributed by atoms with van der Waals surface area (Å²) in [6.45, 7) is 0.163. The van der Waals surface area contributed by atoms with Crippen molar-refractivity contribution >= 4 is 11.9 Å². The quantitative estimate of drug-likeness (QED) is 0.780. The molecule has 2 aromatic carbocycles. The fourth-order valence-electron chi connectivity index (χ4n) is 2.09. The average molecular weight is 268 g/mol. The van der Waals surface area contributed by atoms with Crippen LogP contribution in [-0.2, 0) is 0 Å². The first-order valence-electron chi connectivity index (χ1n) is 6.13. The van der Waals surface area contributed by atoms with Gasteiger partial charge in [0.15, 0.2) is 5.78 Å². The topological polar surface area (TPSA) is 66.8 Å². The second kappa shape index (κ2) is 4.74. The standard InChI is InChI=1S/C16H12O4/c17-12-3-1-10(2-4-12)7-11-9-20-15-8-13(18)5-6-14(15)16(11)19/h1-8,17-18H,9H2/b11-7+. The molecule has 1 aliphatic rings. The zero-order valence-electron chi connectivity index (χ0n) is 10.5. The minimum atomic E-state index is -0.112. The second-order valence-corrected chi connectivity index (χ2v) is 4.56. The molecule has 2 aromatic rings. The number of ketones is 1. The third-order valence-electron chi connectivity index (χ3n) is 3.12. The first-order valence-corrected chi connectivity index (χ1v) is 6.13. The maximum Gasteiger partial charge on any atom is 0.196 e. The smallest absolute Gasteiger partial charge is 0.196 e. The first kappa shape index (κ1) is 12.3. The van der Waals surface area contributed by atoms with Gasteiger partial charge < -0.3 is 14.9 Å². The van der Waals surface area contributed by atoms with E-state index in [1.54, 1.807) is 36.4 Å². The summed E-state index contributed by atoms with van der Waals surface area (Å²) in [5.74, 6) is 0.541. The second-order valence-electron chi connectivity index (χ2n) is 4.56. The van der Waals surface area contributed by atoms with Crippen molar-refractivity contribution in [3.05, 3.63) is 59.2 Å². The zero-order chi connectivity index (χ0) is 14.1. The molecule has 1 aliphatic heterocycles. The lowest BCUT2D eigenvalue weighted by atomic mass is 9.98. The van der Waals surface area contributed by atoms with Crippen molar-refractivity contribution < 1.29 is 19.7 Å². The van der Waals surface area contributed by atoms with Crippen LogP contribution in [0.2, 0.25) is 0 Å². The van der Waals surface area contributed by atoms with Gasteiger partial charge in [-0.05, 0) is 35.9 Å². The van der Waals surface area contributed by atoms with Crippen molar-refractivity contribution in [2.75, 3.05) is 6.61 Å². The van der Waals surface area contributed by atoms with E-state index < -0.39 is 0 Å². The molecule has 20 heavy (non-hydrogen) atoms. The number of phenolic OH excluding ortho intramolecular Hbond substituents is 2. The number of benzene rings is 2. The van der Waals surface area contributed by atoms with Gasteiger partial charge in [-0.25, -0.2) is 0 Å². The number of carbonyl (C=O) groups excluding carboxylic acids is 1. The minimum Gasteiger partial charge on any atom is -0.508 e. The Kier molecular flexibility index (Phi) is 2.91. The summed E-state index contributed by atoms with van der Waals surface area (Å²) < 4.78 is 5.48. The van der Waals surface area contributed by atoms with Crippen LogP contribution < -0.4 is 4.74 Å². The van der Waals surface area contributed by atoms with Gasteiger partial charge in [0.05, 0.1) is 5.56 Å². The number of ether oxygens (including phenoxy) is 1. The number of rotatable bonds is 1. The maximum absolute atomic E-state index is 12.3. The Hall–Kier alpha value is -2.75. The maximum atomic E-state index is 12.3. The van der Waals surface area contributed by atoms with Gasteiger partial charge in [0, 0.05) is 11.6 Å². The summed E-state index contributed by atoms with van der Waals surface area (Å²) in [4.78, 5) is 12.3. The normalized spacial score (nSPS) is 15.8. The summed E-state index contributed by atoms with van der Waals surface area (Å²) in [5, 5.41) is 18.6. The zero-order valence-corrected chi connectivity index (χ0v) is 10.5. The predicted molar refractivity (Wildman–Crippen MR) is 74.0 cm³/mol. The molecule has 3 rings (SSSR count). The van der Waals surface area contributed by atoms with Gasteiger partial charge in [-0.1, -0.05) is 12.1 Å². The molecular formula is C16H12O4. The van der Waals surface area contributed by atoms with Crippen LogP contribution in [0, 0.1) is 0 Å². The highest BCUT2D eigenvalue weighted by molar-refractivity contribution is 6.14. The van der Waals surface area contributed by atoms with E-state index in [1.807, 2.05) is 0 Å². The van der Waals surface area contributed by atoms with Crippen molar-refractivity contribution in [2.45, 2.75) is 0 Å². The van der Waals surface area contributed by atoms with E-state index in [1.165, 1.54) is 12.1 Å². The Labute approximate surface area is 115 Å². The predicted octanol–water partition coefficient (Wildman–Crippen LogP) is 2.76. The van der Waals surface area contributed by atoms with E-state index >= 15 is 0 Å². The minimum absolute atomic E-state index is 0.0718. The molecule has 4 nitrogen and oxygen atoms in total. The van der Waals surface area contributed by atoms with Crippen molar-refractivity contribution in [3.63, 3.8) is 0 Å². The highest BCUT2D eigenvalue weighted by Crippen LogP contribution is 2.31. The Balaban J connectivity index is 1.95. The van der Waals surface area contributed by atoms with Crippen LogP contribution in [-0.4, -0.2) is 22.6 Å². The Morgan fingerprint density at radius 3 is 2.45 bits per heavy atom. The lowest BCUT2D eigenvalue weighted by Gasteiger charge is -2.18. The highest BCUT2D eigenvalue weighted by Gasteiger charge is 2.23. The number of aromatic hydroxyl groups is 2. The first-order chi connectivity index (χ1) is 9.63. The van der Waals surface area contributed by atoms with Crippen LogP contribution in [0.1, 0.15) is 15.9 Å². The van der Waals surface area contributed by atoms with Crippen molar-refractivity contribution in [3.8, 4) is 17.2 Å². The number of hydrogen-bond donors (Lipinski definition) is 2. The number of fused-ring (bicyclic) bond motifs is 1. The van der Waals surface area contributed by atoms with Crippen LogP contribution in [0.3, 0.4) is 0 Å². The summed E-state index contributed by atoms with van der Waals surface area (Å²) in [6, 6.07) is 11.0. The number of Topliss-reactive ketones (excluding diaryl/α,β-unsaturated/α-hetero) is 1. The molecule has 0 bridgehead atoms. The molecule has 0 spiro atoms. The van der Waals surface area contributed by atoms with Gasteiger partial charge >= 0.3 is 0 Å². The molecular weight excluding hydrogens is 256 g/mol. The molecule has 4 heteroatoms. The molecule has 0 amide bonds. The molecule has 0 fully saturated rings. The Morgan fingerprint density at radius 2 is 1.70 bits per heavy atom. The molecule has 0 aromatic heterocycles. The van der Waals surface area contributed by atoms with E-state index in [4.69, 9.17) is 4.74 Å².